The van der Waals surface area contributed by atoms with Gasteiger partial charge in [-0.1, -0.05) is 82.7 Å². The standard InChI is InChI=1S/C23H22BrNO/c24-14-20-16-25(15-18-7-3-1-4-8-18)23-13-21(11-12-22(20)23)26-17-19-9-5-2-6-10-19/h1-13,20H,14-17H2/t20-/m0/s1. The van der Waals surface area contributed by atoms with Gasteiger partial charge in [-0.15, -0.1) is 0 Å². The molecule has 132 valence electrons. The molecule has 1 heterocycles. The van der Waals surface area contributed by atoms with Gasteiger partial charge < -0.3 is 9.64 Å². The lowest BCUT2D eigenvalue weighted by Gasteiger charge is -2.20. The second kappa shape index (κ2) is 7.96. The SMILES string of the molecule is BrC[C@H]1CN(Cc2ccccc2)c2cc(OCc3ccccc3)ccc21. The third-order valence-electron chi connectivity index (χ3n) is 4.87. The molecular formula is C23H22BrNO. The Kier molecular flexibility index (Phi) is 5.26. The molecule has 0 radical (unpaired) electrons. The highest BCUT2D eigenvalue weighted by molar-refractivity contribution is 9.09. The summed E-state index contributed by atoms with van der Waals surface area (Å²) in [5.74, 6) is 1.46. The summed E-state index contributed by atoms with van der Waals surface area (Å²) in [6.07, 6.45) is 0. The molecule has 0 amide bonds. The molecule has 0 bridgehead atoms. The molecule has 1 aliphatic heterocycles. The molecule has 2 nitrogen and oxygen atoms in total. The molecule has 0 N–H and O–H groups in total. The Balaban J connectivity index is 1.54. The van der Waals surface area contributed by atoms with Gasteiger partial charge in [0.1, 0.15) is 12.4 Å². The van der Waals surface area contributed by atoms with Crippen LogP contribution in [0.2, 0.25) is 0 Å². The Hall–Kier alpha value is -2.26. The molecule has 0 aromatic heterocycles. The number of anilines is 1. The first kappa shape index (κ1) is 17.2. The number of alkyl halides is 1. The minimum Gasteiger partial charge on any atom is -0.489 e. The quantitative estimate of drug-likeness (QED) is 0.481. The number of ether oxygens (including phenoxy) is 1. The third-order valence-corrected chi connectivity index (χ3v) is 5.66. The number of hydrogen-bond donors (Lipinski definition) is 0. The smallest absolute Gasteiger partial charge is 0.121 e. The summed E-state index contributed by atoms with van der Waals surface area (Å²) in [5.41, 5.74) is 5.23. The molecule has 3 aromatic rings. The van der Waals surface area contributed by atoms with E-state index in [-0.39, 0.29) is 0 Å². The summed E-state index contributed by atoms with van der Waals surface area (Å²) in [5, 5.41) is 0.982. The van der Waals surface area contributed by atoms with Crippen molar-refractivity contribution in [1.82, 2.24) is 0 Å². The minimum atomic E-state index is 0.525. The van der Waals surface area contributed by atoms with E-state index in [1.165, 1.54) is 22.4 Å². The van der Waals surface area contributed by atoms with Gasteiger partial charge in [0.15, 0.2) is 0 Å². The van der Waals surface area contributed by atoms with Gasteiger partial charge >= 0.3 is 0 Å². The van der Waals surface area contributed by atoms with Gasteiger partial charge in [0.2, 0.25) is 0 Å². The maximum Gasteiger partial charge on any atom is 0.121 e. The van der Waals surface area contributed by atoms with E-state index in [4.69, 9.17) is 4.74 Å². The van der Waals surface area contributed by atoms with E-state index in [0.29, 0.717) is 12.5 Å². The molecule has 0 unspecified atom stereocenters. The second-order valence-electron chi connectivity index (χ2n) is 6.71. The molecule has 26 heavy (non-hydrogen) atoms. The van der Waals surface area contributed by atoms with Crippen LogP contribution in [0.3, 0.4) is 0 Å². The normalized spacial score (nSPS) is 15.7. The predicted octanol–water partition coefficient (Wildman–Crippen LogP) is 5.76. The zero-order valence-electron chi connectivity index (χ0n) is 14.6. The number of fused-ring (bicyclic) bond motifs is 1. The van der Waals surface area contributed by atoms with Crippen LogP contribution in [0, 0.1) is 0 Å². The third kappa shape index (κ3) is 3.78. The van der Waals surface area contributed by atoms with Crippen LogP contribution >= 0.6 is 15.9 Å². The summed E-state index contributed by atoms with van der Waals surface area (Å²) in [4.78, 5) is 2.46. The van der Waals surface area contributed by atoms with Crippen LogP contribution in [0.15, 0.2) is 78.9 Å². The van der Waals surface area contributed by atoms with Crippen molar-refractivity contribution in [2.24, 2.45) is 0 Å². The summed E-state index contributed by atoms with van der Waals surface area (Å²) in [6.45, 7) is 2.57. The molecule has 4 rings (SSSR count). The molecule has 1 aliphatic rings. The van der Waals surface area contributed by atoms with Gasteiger partial charge in [-0.25, -0.2) is 0 Å². The first-order chi connectivity index (χ1) is 12.8. The van der Waals surface area contributed by atoms with Crippen molar-refractivity contribution in [3.8, 4) is 5.75 Å². The summed E-state index contributed by atoms with van der Waals surface area (Å²) in [6, 6.07) is 27.5. The average molecular weight is 408 g/mol. The molecule has 0 saturated heterocycles. The van der Waals surface area contributed by atoms with Crippen molar-refractivity contribution < 1.29 is 4.74 Å². The maximum absolute atomic E-state index is 6.05. The van der Waals surface area contributed by atoms with E-state index in [9.17, 15) is 0 Å². The predicted molar refractivity (Wildman–Crippen MR) is 111 cm³/mol. The highest BCUT2D eigenvalue weighted by Crippen LogP contribution is 2.40. The van der Waals surface area contributed by atoms with Crippen molar-refractivity contribution in [1.29, 1.82) is 0 Å². The lowest BCUT2D eigenvalue weighted by Crippen LogP contribution is -2.21. The largest absolute Gasteiger partial charge is 0.489 e. The van der Waals surface area contributed by atoms with Gasteiger partial charge in [-0.2, -0.15) is 0 Å². The average Bonchev–Trinajstić information content (AvgIpc) is 3.05. The Morgan fingerprint density at radius 3 is 2.27 bits per heavy atom. The summed E-state index contributed by atoms with van der Waals surface area (Å²) >= 11 is 3.68. The van der Waals surface area contributed by atoms with E-state index in [1.54, 1.807) is 0 Å². The van der Waals surface area contributed by atoms with Crippen molar-refractivity contribution in [2.75, 3.05) is 16.8 Å². The van der Waals surface area contributed by atoms with Gasteiger partial charge in [-0.3, -0.25) is 0 Å². The highest BCUT2D eigenvalue weighted by atomic mass is 79.9. The fraction of sp³-hybridized carbons (Fsp3) is 0.217. The van der Waals surface area contributed by atoms with Crippen LogP contribution < -0.4 is 9.64 Å². The molecule has 0 spiro atoms. The number of halogens is 1. The van der Waals surface area contributed by atoms with E-state index in [1.807, 2.05) is 18.2 Å². The fourth-order valence-corrected chi connectivity index (χ4v) is 4.07. The number of nitrogens with zero attached hydrogens (tertiary/aromatic N) is 1. The molecule has 0 saturated carbocycles. The number of benzene rings is 3. The molecule has 0 aliphatic carbocycles. The van der Waals surface area contributed by atoms with Crippen LogP contribution in [0.25, 0.3) is 0 Å². The molecule has 3 aromatic carbocycles. The fourth-order valence-electron chi connectivity index (χ4n) is 3.52. The Bertz CT molecular complexity index is 851. The molecule has 3 heteroatoms. The van der Waals surface area contributed by atoms with Crippen LogP contribution in [0.5, 0.6) is 5.75 Å². The van der Waals surface area contributed by atoms with Crippen molar-refractivity contribution in [3.63, 3.8) is 0 Å². The second-order valence-corrected chi connectivity index (χ2v) is 7.36. The van der Waals surface area contributed by atoms with Crippen LogP contribution in [-0.4, -0.2) is 11.9 Å². The first-order valence-electron chi connectivity index (χ1n) is 8.99. The monoisotopic (exact) mass is 407 g/mol. The number of hydrogen-bond acceptors (Lipinski definition) is 2. The topological polar surface area (TPSA) is 12.5 Å². The molecular weight excluding hydrogens is 386 g/mol. The minimum absolute atomic E-state index is 0.525. The van der Waals surface area contributed by atoms with E-state index >= 15 is 0 Å². The lowest BCUT2D eigenvalue weighted by atomic mass is 10.0. The zero-order chi connectivity index (χ0) is 17.8. The van der Waals surface area contributed by atoms with Gasteiger partial charge in [0.05, 0.1) is 0 Å². The van der Waals surface area contributed by atoms with Crippen molar-refractivity contribution in [3.05, 3.63) is 95.6 Å². The maximum atomic E-state index is 6.05. The van der Waals surface area contributed by atoms with Gasteiger partial charge in [-0.05, 0) is 22.8 Å². The van der Waals surface area contributed by atoms with E-state index in [0.717, 1.165) is 24.2 Å². The summed E-state index contributed by atoms with van der Waals surface area (Å²) in [7, 11) is 0. The zero-order valence-corrected chi connectivity index (χ0v) is 16.2. The Morgan fingerprint density at radius 1 is 0.885 bits per heavy atom. The first-order valence-corrected chi connectivity index (χ1v) is 10.1. The van der Waals surface area contributed by atoms with E-state index in [2.05, 4.69) is 81.5 Å². The summed E-state index contributed by atoms with van der Waals surface area (Å²) < 4.78 is 6.05. The van der Waals surface area contributed by atoms with Crippen molar-refractivity contribution >= 4 is 21.6 Å². The Labute approximate surface area is 163 Å². The van der Waals surface area contributed by atoms with Crippen molar-refractivity contribution in [2.45, 2.75) is 19.1 Å². The lowest BCUT2D eigenvalue weighted by molar-refractivity contribution is 0.306. The van der Waals surface area contributed by atoms with Crippen LogP contribution in [-0.2, 0) is 13.2 Å². The molecule has 1 atom stereocenters. The highest BCUT2D eigenvalue weighted by Gasteiger charge is 2.28. The van der Waals surface area contributed by atoms with Crippen LogP contribution in [0.4, 0.5) is 5.69 Å². The van der Waals surface area contributed by atoms with E-state index < -0.39 is 0 Å². The number of rotatable bonds is 6. The molecule has 0 fully saturated rings. The Morgan fingerprint density at radius 2 is 1.58 bits per heavy atom. The van der Waals surface area contributed by atoms with Gasteiger partial charge in [0.25, 0.3) is 0 Å². The van der Waals surface area contributed by atoms with Gasteiger partial charge in [0, 0.05) is 36.1 Å². The van der Waals surface area contributed by atoms with Crippen LogP contribution in [0.1, 0.15) is 22.6 Å².